The molecular weight excluding hydrogens is 410 g/mol. The number of hydrogen-bond donors (Lipinski definition) is 2. The molecule has 0 unspecified atom stereocenters. The lowest BCUT2D eigenvalue weighted by Crippen LogP contribution is -2.51. The van der Waals surface area contributed by atoms with Crippen molar-refractivity contribution in [2.75, 3.05) is 4.90 Å². The van der Waals surface area contributed by atoms with Crippen molar-refractivity contribution in [3.05, 3.63) is 70.3 Å². The zero-order valence-corrected chi connectivity index (χ0v) is 17.1. The molecule has 9 heteroatoms. The first-order valence-electron chi connectivity index (χ1n) is 10.7. The molecule has 2 fully saturated rings. The topological polar surface area (TPSA) is 106 Å². The van der Waals surface area contributed by atoms with Gasteiger partial charge in [-0.2, -0.15) is 0 Å². The predicted molar refractivity (Wildman–Crippen MR) is 114 cm³/mol. The second-order valence-corrected chi connectivity index (χ2v) is 8.79. The summed E-state index contributed by atoms with van der Waals surface area (Å²) in [6.45, 7) is 1.82. The molecular formula is C23H19N5O4. The van der Waals surface area contributed by atoms with Crippen LogP contribution in [-0.4, -0.2) is 33.6 Å². The lowest BCUT2D eigenvalue weighted by molar-refractivity contribution is -0.135. The summed E-state index contributed by atoms with van der Waals surface area (Å²) in [5.41, 5.74) is 0.873. The predicted octanol–water partition coefficient (Wildman–Crippen LogP) is 1.05. The Morgan fingerprint density at radius 3 is 2.75 bits per heavy atom. The smallest absolute Gasteiger partial charge is 0.262 e. The molecule has 6 heterocycles. The van der Waals surface area contributed by atoms with Gasteiger partial charge in [-0.25, -0.2) is 4.98 Å². The molecule has 8 rings (SSSR count). The third-order valence-electron chi connectivity index (χ3n) is 7.12. The molecule has 0 saturated carbocycles. The van der Waals surface area contributed by atoms with Crippen LogP contribution >= 0.6 is 0 Å². The number of amides is 2. The molecule has 2 N–H and O–H groups in total. The Morgan fingerprint density at radius 2 is 1.88 bits per heavy atom. The normalized spacial score (nSPS) is 32.1. The van der Waals surface area contributed by atoms with Gasteiger partial charge in [-0.3, -0.25) is 29.2 Å². The Bertz CT molecular complexity index is 1420. The first-order chi connectivity index (χ1) is 15.5. The van der Waals surface area contributed by atoms with Crippen molar-refractivity contribution < 1.29 is 14.3 Å². The van der Waals surface area contributed by atoms with Crippen LogP contribution in [0.1, 0.15) is 37.0 Å². The average Bonchev–Trinajstić information content (AvgIpc) is 3.09. The van der Waals surface area contributed by atoms with E-state index in [-0.39, 0.29) is 29.8 Å². The third kappa shape index (κ3) is 2.00. The first kappa shape index (κ1) is 18.1. The monoisotopic (exact) mass is 429 g/mol. The van der Waals surface area contributed by atoms with Gasteiger partial charge in [0.15, 0.2) is 12.1 Å². The molecule has 160 valence electrons. The maximum Gasteiger partial charge on any atom is 0.262 e. The minimum absolute atomic E-state index is 0.0441. The number of para-hydroxylation sites is 2. The Hall–Kier alpha value is -3.56. The second kappa shape index (κ2) is 5.81. The van der Waals surface area contributed by atoms with E-state index in [0.717, 1.165) is 11.3 Å². The number of nitrogens with zero attached hydrogens (tertiary/aromatic N) is 3. The van der Waals surface area contributed by atoms with Crippen LogP contribution in [0.15, 0.2) is 53.3 Å². The van der Waals surface area contributed by atoms with Gasteiger partial charge in [0.25, 0.3) is 5.56 Å². The van der Waals surface area contributed by atoms with Gasteiger partial charge in [-0.1, -0.05) is 30.3 Å². The molecule has 0 aliphatic carbocycles. The van der Waals surface area contributed by atoms with E-state index in [1.54, 1.807) is 23.1 Å². The summed E-state index contributed by atoms with van der Waals surface area (Å²) >= 11 is 0. The highest BCUT2D eigenvalue weighted by molar-refractivity contribution is 6.02. The summed E-state index contributed by atoms with van der Waals surface area (Å²) < 4.78 is 8.16. The molecule has 2 saturated heterocycles. The summed E-state index contributed by atoms with van der Waals surface area (Å²) in [6.07, 6.45) is -1.20. The van der Waals surface area contributed by atoms with E-state index in [9.17, 15) is 14.4 Å². The van der Waals surface area contributed by atoms with Crippen LogP contribution in [0.4, 0.5) is 5.69 Å². The van der Waals surface area contributed by atoms with Crippen LogP contribution in [0.2, 0.25) is 0 Å². The lowest BCUT2D eigenvalue weighted by atomic mass is 9.86. The molecule has 1 aromatic heterocycles. The van der Waals surface area contributed by atoms with Gasteiger partial charge in [0, 0.05) is 12.0 Å². The second-order valence-electron chi connectivity index (χ2n) is 8.79. The van der Waals surface area contributed by atoms with Crippen LogP contribution in [0.25, 0.3) is 10.9 Å². The van der Waals surface area contributed by atoms with E-state index in [1.807, 2.05) is 37.3 Å². The Kier molecular flexibility index (Phi) is 3.28. The summed E-state index contributed by atoms with van der Waals surface area (Å²) in [5.74, 6) is 0.0488. The van der Waals surface area contributed by atoms with E-state index in [0.29, 0.717) is 16.7 Å². The van der Waals surface area contributed by atoms with E-state index in [4.69, 9.17) is 9.72 Å². The van der Waals surface area contributed by atoms with E-state index in [2.05, 4.69) is 10.6 Å². The summed E-state index contributed by atoms with van der Waals surface area (Å²) in [4.78, 5) is 46.0. The zero-order chi connectivity index (χ0) is 21.8. The molecule has 2 aromatic carbocycles. The van der Waals surface area contributed by atoms with Gasteiger partial charge in [0.1, 0.15) is 17.8 Å². The number of hydrogen-bond acceptors (Lipinski definition) is 6. The van der Waals surface area contributed by atoms with Crippen LogP contribution < -0.4 is 21.1 Å². The highest BCUT2D eigenvalue weighted by Crippen LogP contribution is 2.55. The van der Waals surface area contributed by atoms with Crippen molar-refractivity contribution in [1.29, 1.82) is 0 Å². The molecule has 5 atom stereocenters. The van der Waals surface area contributed by atoms with Crippen LogP contribution in [0.3, 0.4) is 0 Å². The number of anilines is 1. The lowest BCUT2D eigenvalue weighted by Gasteiger charge is -2.35. The van der Waals surface area contributed by atoms with Gasteiger partial charge in [0.2, 0.25) is 11.8 Å². The first-order valence-corrected chi connectivity index (χ1v) is 10.7. The van der Waals surface area contributed by atoms with Crippen molar-refractivity contribution in [1.82, 2.24) is 20.2 Å². The van der Waals surface area contributed by atoms with E-state index < -0.39 is 24.0 Å². The Balaban J connectivity index is 1.49. The Morgan fingerprint density at radius 1 is 1.09 bits per heavy atom. The molecule has 1 spiro atoms. The number of fused-ring (bicyclic) bond motifs is 5. The minimum atomic E-state index is -1.02. The van der Waals surface area contributed by atoms with Crippen molar-refractivity contribution in [3.8, 4) is 0 Å². The number of carbonyl (C=O) groups is 2. The van der Waals surface area contributed by atoms with Gasteiger partial charge in [-0.05, 0) is 25.1 Å². The highest BCUT2D eigenvalue weighted by atomic mass is 16.5. The standard InChI is InChI=1S/C23H19N5O4/c1-11-20(30)28-15-9-5-3-7-13(15)23(22(28)24-11)10-16-18(29)26-19(32-23)17-25-14-8-4-2-6-12(14)21(31)27(16)17/h2-9,11,16,19,22,24H,10H2,1H3,(H,26,29)/t11-,16-,19-,22-,23-/m0/s1. The number of ether oxygens (including phenoxy) is 1. The fraction of sp³-hybridized carbons (Fsp3) is 0.304. The molecule has 2 amide bonds. The zero-order valence-electron chi connectivity index (χ0n) is 17.1. The molecule has 0 radical (unpaired) electrons. The van der Waals surface area contributed by atoms with Gasteiger partial charge >= 0.3 is 0 Å². The van der Waals surface area contributed by atoms with Crippen molar-refractivity contribution in [3.63, 3.8) is 0 Å². The summed E-state index contributed by atoms with van der Waals surface area (Å²) in [5, 5.41) is 6.72. The molecule has 2 bridgehead atoms. The fourth-order valence-corrected chi connectivity index (χ4v) is 5.73. The number of carbonyl (C=O) groups excluding carboxylic acids is 2. The molecule has 3 aromatic rings. The van der Waals surface area contributed by atoms with Crippen molar-refractivity contribution >= 4 is 28.4 Å². The Labute approximate surface area is 182 Å². The largest absolute Gasteiger partial charge is 0.336 e. The maximum absolute atomic E-state index is 13.4. The van der Waals surface area contributed by atoms with Crippen LogP contribution in [-0.2, 0) is 19.9 Å². The fourth-order valence-electron chi connectivity index (χ4n) is 5.73. The van der Waals surface area contributed by atoms with Gasteiger partial charge in [0.05, 0.1) is 22.6 Å². The van der Waals surface area contributed by atoms with E-state index >= 15 is 0 Å². The third-order valence-corrected chi connectivity index (χ3v) is 7.12. The number of benzene rings is 2. The number of aromatic nitrogens is 2. The molecule has 32 heavy (non-hydrogen) atoms. The maximum atomic E-state index is 13.4. The average molecular weight is 429 g/mol. The number of nitrogens with one attached hydrogen (secondary N) is 2. The SMILES string of the molecule is C[C@@H]1N[C@H]2N(C1=O)c1ccccc1[C@@]21C[C@H]2C(=O)N[C@@H](O1)c1nc3ccccc3c(=O)n12. The van der Waals surface area contributed by atoms with Gasteiger partial charge < -0.3 is 10.1 Å². The molecule has 5 aliphatic heterocycles. The molecule has 9 nitrogen and oxygen atoms in total. The van der Waals surface area contributed by atoms with Crippen molar-refractivity contribution in [2.24, 2.45) is 0 Å². The molecule has 5 aliphatic rings. The summed E-state index contributed by atoms with van der Waals surface area (Å²) in [6, 6.07) is 13.5. The van der Waals surface area contributed by atoms with Crippen LogP contribution in [0.5, 0.6) is 0 Å². The quantitative estimate of drug-likeness (QED) is 0.553. The highest BCUT2D eigenvalue weighted by Gasteiger charge is 2.63. The number of rotatable bonds is 0. The minimum Gasteiger partial charge on any atom is -0.336 e. The van der Waals surface area contributed by atoms with Crippen molar-refractivity contribution in [2.45, 2.75) is 43.4 Å². The van der Waals surface area contributed by atoms with Gasteiger partial charge in [-0.15, -0.1) is 0 Å². The van der Waals surface area contributed by atoms with E-state index in [1.165, 1.54) is 4.57 Å². The summed E-state index contributed by atoms with van der Waals surface area (Å²) in [7, 11) is 0. The van der Waals surface area contributed by atoms with Crippen LogP contribution in [0, 0.1) is 0 Å².